The third kappa shape index (κ3) is 3.44. The van der Waals surface area contributed by atoms with Crippen LogP contribution < -0.4 is 10.1 Å². The van der Waals surface area contributed by atoms with Crippen LogP contribution >= 0.6 is 0 Å². The van der Waals surface area contributed by atoms with Crippen LogP contribution in [0.5, 0.6) is 5.88 Å². The Bertz CT molecular complexity index is 471. The SMILES string of the molecule is CCOc1ccnc(NC(C)Cn2ccnc2)n1. The molecule has 0 spiro atoms. The minimum Gasteiger partial charge on any atom is -0.478 e. The zero-order valence-corrected chi connectivity index (χ0v) is 10.6. The van der Waals surface area contributed by atoms with E-state index in [2.05, 4.69) is 27.2 Å². The highest BCUT2D eigenvalue weighted by molar-refractivity contribution is 5.28. The van der Waals surface area contributed by atoms with E-state index in [-0.39, 0.29) is 6.04 Å². The van der Waals surface area contributed by atoms with Crippen LogP contribution in [-0.2, 0) is 6.54 Å². The molecule has 0 fully saturated rings. The standard InChI is InChI=1S/C12H17N5O/c1-3-18-11-4-5-14-12(16-11)15-10(2)8-17-7-6-13-9-17/h4-7,9-10H,3,8H2,1-2H3,(H,14,15,16). The molecule has 6 nitrogen and oxygen atoms in total. The minimum absolute atomic E-state index is 0.205. The molecule has 0 saturated heterocycles. The first-order valence-electron chi connectivity index (χ1n) is 5.96. The van der Waals surface area contributed by atoms with Crippen LogP contribution in [0.15, 0.2) is 31.0 Å². The number of hydrogen-bond acceptors (Lipinski definition) is 5. The van der Waals surface area contributed by atoms with Crippen molar-refractivity contribution < 1.29 is 4.74 Å². The molecule has 0 saturated carbocycles. The Morgan fingerprint density at radius 3 is 3.06 bits per heavy atom. The van der Waals surface area contributed by atoms with Gasteiger partial charge in [0.2, 0.25) is 11.8 Å². The summed E-state index contributed by atoms with van der Waals surface area (Å²) in [7, 11) is 0. The van der Waals surface area contributed by atoms with Crippen molar-refractivity contribution in [2.45, 2.75) is 26.4 Å². The molecule has 96 valence electrons. The molecule has 18 heavy (non-hydrogen) atoms. The lowest BCUT2D eigenvalue weighted by Crippen LogP contribution is -2.22. The lowest BCUT2D eigenvalue weighted by atomic mass is 10.3. The van der Waals surface area contributed by atoms with Crippen molar-refractivity contribution in [1.82, 2.24) is 19.5 Å². The Balaban J connectivity index is 1.93. The van der Waals surface area contributed by atoms with Gasteiger partial charge >= 0.3 is 0 Å². The zero-order chi connectivity index (χ0) is 12.8. The van der Waals surface area contributed by atoms with E-state index >= 15 is 0 Å². The summed E-state index contributed by atoms with van der Waals surface area (Å²) < 4.78 is 7.33. The lowest BCUT2D eigenvalue weighted by Gasteiger charge is -2.14. The molecule has 0 radical (unpaired) electrons. The molecule has 0 aromatic carbocycles. The molecule has 2 heterocycles. The second kappa shape index (κ2) is 6.00. The third-order valence-electron chi connectivity index (χ3n) is 2.34. The number of nitrogens with zero attached hydrogens (tertiary/aromatic N) is 4. The van der Waals surface area contributed by atoms with Gasteiger partial charge in [0.25, 0.3) is 0 Å². The third-order valence-corrected chi connectivity index (χ3v) is 2.34. The Labute approximate surface area is 106 Å². The summed E-state index contributed by atoms with van der Waals surface area (Å²) >= 11 is 0. The molecule has 6 heteroatoms. The number of nitrogens with one attached hydrogen (secondary N) is 1. The normalized spacial score (nSPS) is 12.1. The average Bonchev–Trinajstić information content (AvgIpc) is 2.82. The predicted octanol–water partition coefficient (Wildman–Crippen LogP) is 1.57. The summed E-state index contributed by atoms with van der Waals surface area (Å²) in [5.41, 5.74) is 0. The molecule has 0 amide bonds. The molecule has 1 atom stereocenters. The summed E-state index contributed by atoms with van der Waals surface area (Å²) in [6.45, 7) is 5.40. The van der Waals surface area contributed by atoms with Gasteiger partial charge in [0, 0.05) is 37.2 Å². The quantitative estimate of drug-likeness (QED) is 0.839. The number of imidazole rings is 1. The Morgan fingerprint density at radius 1 is 1.44 bits per heavy atom. The second-order valence-corrected chi connectivity index (χ2v) is 3.96. The molecule has 2 aromatic heterocycles. The van der Waals surface area contributed by atoms with E-state index in [4.69, 9.17) is 4.74 Å². The van der Waals surface area contributed by atoms with E-state index < -0.39 is 0 Å². The fourth-order valence-electron chi connectivity index (χ4n) is 1.62. The molecule has 2 rings (SSSR count). The van der Waals surface area contributed by atoms with Crippen LogP contribution in [0.1, 0.15) is 13.8 Å². The number of aromatic nitrogens is 4. The van der Waals surface area contributed by atoms with E-state index in [1.807, 2.05) is 17.7 Å². The first kappa shape index (κ1) is 12.3. The monoisotopic (exact) mass is 247 g/mol. The first-order valence-corrected chi connectivity index (χ1v) is 5.96. The smallest absolute Gasteiger partial charge is 0.226 e. The van der Waals surface area contributed by atoms with Gasteiger partial charge in [0.1, 0.15) is 0 Å². The van der Waals surface area contributed by atoms with Crippen LogP contribution in [-0.4, -0.2) is 32.2 Å². The van der Waals surface area contributed by atoms with Gasteiger partial charge in [-0.05, 0) is 13.8 Å². The van der Waals surface area contributed by atoms with Crippen molar-refractivity contribution in [3.63, 3.8) is 0 Å². The highest BCUT2D eigenvalue weighted by atomic mass is 16.5. The summed E-state index contributed by atoms with van der Waals surface area (Å²) in [6, 6.07) is 1.95. The maximum absolute atomic E-state index is 5.33. The number of hydrogen-bond donors (Lipinski definition) is 1. The van der Waals surface area contributed by atoms with E-state index in [1.54, 1.807) is 24.8 Å². The van der Waals surface area contributed by atoms with Gasteiger partial charge in [0.05, 0.1) is 12.9 Å². The van der Waals surface area contributed by atoms with Gasteiger partial charge in [-0.3, -0.25) is 0 Å². The summed E-state index contributed by atoms with van der Waals surface area (Å²) in [5.74, 6) is 1.17. The van der Waals surface area contributed by atoms with E-state index in [0.29, 0.717) is 18.4 Å². The maximum Gasteiger partial charge on any atom is 0.226 e. The zero-order valence-electron chi connectivity index (χ0n) is 10.6. The maximum atomic E-state index is 5.33. The van der Waals surface area contributed by atoms with Gasteiger partial charge in [0.15, 0.2) is 0 Å². The highest BCUT2D eigenvalue weighted by Crippen LogP contribution is 2.09. The fourth-order valence-corrected chi connectivity index (χ4v) is 1.62. The van der Waals surface area contributed by atoms with E-state index in [0.717, 1.165) is 6.54 Å². The second-order valence-electron chi connectivity index (χ2n) is 3.96. The van der Waals surface area contributed by atoms with Crippen LogP contribution in [0.2, 0.25) is 0 Å². The number of ether oxygens (including phenoxy) is 1. The van der Waals surface area contributed by atoms with Crippen LogP contribution in [0.3, 0.4) is 0 Å². The van der Waals surface area contributed by atoms with Crippen molar-refractivity contribution in [3.8, 4) is 5.88 Å². The molecule has 0 bridgehead atoms. The van der Waals surface area contributed by atoms with Crippen LogP contribution in [0.25, 0.3) is 0 Å². The first-order chi connectivity index (χ1) is 8.78. The van der Waals surface area contributed by atoms with Gasteiger partial charge in [-0.1, -0.05) is 0 Å². The van der Waals surface area contributed by atoms with Gasteiger partial charge in [-0.2, -0.15) is 4.98 Å². The fraction of sp³-hybridized carbons (Fsp3) is 0.417. The molecule has 2 aromatic rings. The Morgan fingerprint density at radius 2 is 2.33 bits per heavy atom. The number of anilines is 1. The topological polar surface area (TPSA) is 64.9 Å². The van der Waals surface area contributed by atoms with Crippen molar-refractivity contribution in [1.29, 1.82) is 0 Å². The molecule has 0 aliphatic carbocycles. The molecule has 0 aliphatic rings. The van der Waals surface area contributed by atoms with Crippen LogP contribution in [0, 0.1) is 0 Å². The largest absolute Gasteiger partial charge is 0.478 e. The van der Waals surface area contributed by atoms with Gasteiger partial charge in [-0.15, -0.1) is 0 Å². The van der Waals surface area contributed by atoms with Crippen LogP contribution in [0.4, 0.5) is 5.95 Å². The molecule has 1 N–H and O–H groups in total. The average molecular weight is 247 g/mol. The molecular weight excluding hydrogens is 230 g/mol. The Kier molecular flexibility index (Phi) is 4.11. The summed E-state index contributed by atoms with van der Waals surface area (Å²) in [5, 5.41) is 3.23. The van der Waals surface area contributed by atoms with Gasteiger partial charge in [-0.25, -0.2) is 9.97 Å². The molecule has 1 unspecified atom stereocenters. The minimum atomic E-state index is 0.205. The highest BCUT2D eigenvalue weighted by Gasteiger charge is 2.05. The summed E-state index contributed by atoms with van der Waals surface area (Å²) in [4.78, 5) is 12.4. The molecular formula is C12H17N5O. The lowest BCUT2D eigenvalue weighted by molar-refractivity contribution is 0.326. The van der Waals surface area contributed by atoms with Crippen molar-refractivity contribution in [2.24, 2.45) is 0 Å². The van der Waals surface area contributed by atoms with Crippen molar-refractivity contribution in [2.75, 3.05) is 11.9 Å². The van der Waals surface area contributed by atoms with Crippen molar-refractivity contribution in [3.05, 3.63) is 31.0 Å². The van der Waals surface area contributed by atoms with E-state index in [9.17, 15) is 0 Å². The van der Waals surface area contributed by atoms with Crippen molar-refractivity contribution >= 4 is 5.95 Å². The summed E-state index contributed by atoms with van der Waals surface area (Å²) in [6.07, 6.45) is 7.16. The van der Waals surface area contributed by atoms with Gasteiger partial charge < -0.3 is 14.6 Å². The Hall–Kier alpha value is -2.11. The van der Waals surface area contributed by atoms with E-state index in [1.165, 1.54) is 0 Å². The predicted molar refractivity (Wildman–Crippen MR) is 68.5 cm³/mol. The number of rotatable bonds is 6. The molecule has 0 aliphatic heterocycles.